The van der Waals surface area contributed by atoms with Crippen LogP contribution in [0.1, 0.15) is 24.3 Å². The predicted octanol–water partition coefficient (Wildman–Crippen LogP) is 2.33. The molecule has 0 saturated heterocycles. The molecule has 1 aliphatic carbocycles. The number of pyridine rings is 1. The van der Waals surface area contributed by atoms with E-state index in [4.69, 9.17) is 0 Å². The van der Waals surface area contributed by atoms with Gasteiger partial charge in [0.25, 0.3) is 0 Å². The molecular formula is C12H13NO. The van der Waals surface area contributed by atoms with Crippen LogP contribution >= 0.6 is 0 Å². The number of hydrogen-bond acceptors (Lipinski definition) is 2. The molecule has 0 N–H and O–H groups in total. The van der Waals surface area contributed by atoms with Gasteiger partial charge in [0, 0.05) is 18.3 Å². The van der Waals surface area contributed by atoms with Gasteiger partial charge in [-0.25, -0.2) is 0 Å². The summed E-state index contributed by atoms with van der Waals surface area (Å²) in [5, 5.41) is 0. The summed E-state index contributed by atoms with van der Waals surface area (Å²) in [5.41, 5.74) is 1.24. The molecule has 2 atom stereocenters. The van der Waals surface area contributed by atoms with E-state index < -0.39 is 0 Å². The van der Waals surface area contributed by atoms with Crippen molar-refractivity contribution >= 4 is 6.29 Å². The Morgan fingerprint density at radius 1 is 1.50 bits per heavy atom. The Morgan fingerprint density at radius 3 is 3.14 bits per heavy atom. The van der Waals surface area contributed by atoms with Gasteiger partial charge in [0.2, 0.25) is 0 Å². The van der Waals surface area contributed by atoms with Crippen LogP contribution in [-0.2, 0) is 4.79 Å². The van der Waals surface area contributed by atoms with Crippen LogP contribution in [0.5, 0.6) is 0 Å². The van der Waals surface area contributed by atoms with Crippen LogP contribution in [0.2, 0.25) is 0 Å². The molecule has 0 bridgehead atoms. The van der Waals surface area contributed by atoms with E-state index in [1.165, 1.54) is 5.56 Å². The van der Waals surface area contributed by atoms with Gasteiger partial charge in [0.1, 0.15) is 6.29 Å². The zero-order valence-electron chi connectivity index (χ0n) is 7.97. The molecular weight excluding hydrogens is 174 g/mol. The highest BCUT2D eigenvalue weighted by atomic mass is 16.1. The maximum atomic E-state index is 10.7. The first-order valence-electron chi connectivity index (χ1n) is 4.92. The third-order valence-corrected chi connectivity index (χ3v) is 2.69. The lowest BCUT2D eigenvalue weighted by Crippen LogP contribution is -2.10. The van der Waals surface area contributed by atoms with Crippen LogP contribution in [0.4, 0.5) is 0 Å². The van der Waals surface area contributed by atoms with E-state index >= 15 is 0 Å². The molecule has 2 rings (SSSR count). The molecule has 0 aliphatic heterocycles. The second-order valence-electron chi connectivity index (χ2n) is 3.68. The highest BCUT2D eigenvalue weighted by molar-refractivity contribution is 5.57. The van der Waals surface area contributed by atoms with Gasteiger partial charge in [-0.3, -0.25) is 4.98 Å². The van der Waals surface area contributed by atoms with E-state index in [0.717, 1.165) is 19.1 Å². The van der Waals surface area contributed by atoms with Crippen LogP contribution in [0.15, 0.2) is 36.7 Å². The topological polar surface area (TPSA) is 30.0 Å². The molecule has 2 unspecified atom stereocenters. The van der Waals surface area contributed by atoms with Gasteiger partial charge in [0.15, 0.2) is 0 Å². The van der Waals surface area contributed by atoms with E-state index in [1.54, 1.807) is 6.20 Å². The zero-order valence-corrected chi connectivity index (χ0v) is 7.97. The molecule has 1 aliphatic rings. The average molecular weight is 187 g/mol. The lowest BCUT2D eigenvalue weighted by Gasteiger charge is -2.21. The number of carbonyl (C=O) groups excluding carboxylic acids is 1. The largest absolute Gasteiger partial charge is 0.303 e. The summed E-state index contributed by atoms with van der Waals surface area (Å²) in [5.74, 6) is 0.554. The van der Waals surface area contributed by atoms with Crippen molar-refractivity contribution in [3.63, 3.8) is 0 Å². The maximum absolute atomic E-state index is 10.7. The van der Waals surface area contributed by atoms with Crippen LogP contribution < -0.4 is 0 Å². The molecule has 1 aromatic heterocycles. The van der Waals surface area contributed by atoms with Gasteiger partial charge < -0.3 is 4.79 Å². The van der Waals surface area contributed by atoms with Crippen molar-refractivity contribution in [3.05, 3.63) is 42.2 Å². The third-order valence-electron chi connectivity index (χ3n) is 2.69. The van der Waals surface area contributed by atoms with Crippen molar-refractivity contribution in [1.29, 1.82) is 0 Å². The minimum Gasteiger partial charge on any atom is -0.303 e. The summed E-state index contributed by atoms with van der Waals surface area (Å²) >= 11 is 0. The Labute approximate surface area is 83.7 Å². The standard InChI is InChI=1S/C12H13NO/c14-9-10-3-1-4-11(7-10)12-5-2-6-13-8-12/h1-3,5-6,8-11H,4,7H2. The molecule has 0 fully saturated rings. The van der Waals surface area contributed by atoms with Crippen LogP contribution in [-0.4, -0.2) is 11.3 Å². The Bertz CT molecular complexity index is 331. The molecule has 72 valence electrons. The van der Waals surface area contributed by atoms with Crippen molar-refractivity contribution < 1.29 is 4.79 Å². The number of hydrogen-bond donors (Lipinski definition) is 0. The van der Waals surface area contributed by atoms with E-state index in [0.29, 0.717) is 5.92 Å². The lowest BCUT2D eigenvalue weighted by molar-refractivity contribution is -0.110. The van der Waals surface area contributed by atoms with Gasteiger partial charge >= 0.3 is 0 Å². The number of aromatic nitrogens is 1. The average Bonchev–Trinajstić information content (AvgIpc) is 2.30. The SMILES string of the molecule is O=CC1C=CCC(c2cccnc2)C1. The molecule has 0 saturated carbocycles. The predicted molar refractivity (Wildman–Crippen MR) is 54.9 cm³/mol. The molecule has 0 aromatic carbocycles. The number of nitrogens with zero attached hydrogens (tertiary/aromatic N) is 1. The molecule has 14 heavy (non-hydrogen) atoms. The summed E-state index contributed by atoms with van der Waals surface area (Å²) in [6, 6.07) is 4.03. The number of rotatable bonds is 2. The highest BCUT2D eigenvalue weighted by Gasteiger charge is 2.18. The first-order chi connectivity index (χ1) is 6.90. The smallest absolute Gasteiger partial charge is 0.126 e. The van der Waals surface area contributed by atoms with E-state index in [2.05, 4.69) is 17.1 Å². The van der Waals surface area contributed by atoms with E-state index in [-0.39, 0.29) is 5.92 Å². The van der Waals surface area contributed by atoms with Crippen molar-refractivity contribution in [1.82, 2.24) is 4.98 Å². The first-order valence-corrected chi connectivity index (χ1v) is 4.92. The fraction of sp³-hybridized carbons (Fsp3) is 0.333. The number of allylic oxidation sites excluding steroid dienone is 2. The molecule has 2 nitrogen and oxygen atoms in total. The molecule has 0 amide bonds. The fourth-order valence-electron chi connectivity index (χ4n) is 1.91. The van der Waals surface area contributed by atoms with Gasteiger partial charge in [-0.15, -0.1) is 0 Å². The van der Waals surface area contributed by atoms with E-state index in [9.17, 15) is 4.79 Å². The Balaban J connectivity index is 2.14. The summed E-state index contributed by atoms with van der Waals surface area (Å²) in [6.07, 6.45) is 10.7. The number of carbonyl (C=O) groups is 1. The summed E-state index contributed by atoms with van der Waals surface area (Å²) < 4.78 is 0. The van der Waals surface area contributed by atoms with Gasteiger partial charge in [0.05, 0.1) is 0 Å². The van der Waals surface area contributed by atoms with Gasteiger partial charge in [-0.05, 0) is 30.4 Å². The maximum Gasteiger partial charge on any atom is 0.126 e. The van der Waals surface area contributed by atoms with Crippen LogP contribution in [0.3, 0.4) is 0 Å². The van der Waals surface area contributed by atoms with E-state index in [1.807, 2.05) is 18.3 Å². The Hall–Kier alpha value is -1.44. The lowest BCUT2D eigenvalue weighted by atomic mass is 9.83. The van der Waals surface area contributed by atoms with Crippen molar-refractivity contribution in [2.24, 2.45) is 5.92 Å². The normalized spacial score (nSPS) is 26.0. The highest BCUT2D eigenvalue weighted by Crippen LogP contribution is 2.30. The van der Waals surface area contributed by atoms with Crippen molar-refractivity contribution in [3.8, 4) is 0 Å². The summed E-state index contributed by atoms with van der Waals surface area (Å²) in [6.45, 7) is 0. The van der Waals surface area contributed by atoms with Gasteiger partial charge in [-0.2, -0.15) is 0 Å². The Kier molecular flexibility index (Phi) is 2.73. The Morgan fingerprint density at radius 2 is 2.43 bits per heavy atom. The van der Waals surface area contributed by atoms with Crippen LogP contribution in [0.25, 0.3) is 0 Å². The van der Waals surface area contributed by atoms with Crippen LogP contribution in [0, 0.1) is 5.92 Å². The summed E-state index contributed by atoms with van der Waals surface area (Å²) in [7, 11) is 0. The zero-order chi connectivity index (χ0) is 9.80. The molecule has 1 aromatic rings. The van der Waals surface area contributed by atoms with Gasteiger partial charge in [-0.1, -0.05) is 18.2 Å². The summed E-state index contributed by atoms with van der Waals surface area (Å²) in [4.78, 5) is 14.8. The minimum absolute atomic E-state index is 0.0916. The monoisotopic (exact) mass is 187 g/mol. The van der Waals surface area contributed by atoms with Crippen molar-refractivity contribution in [2.75, 3.05) is 0 Å². The first kappa shape index (κ1) is 9.13. The third kappa shape index (κ3) is 1.90. The minimum atomic E-state index is 0.0916. The molecule has 0 spiro atoms. The second kappa shape index (κ2) is 4.18. The van der Waals surface area contributed by atoms with Crippen molar-refractivity contribution in [2.45, 2.75) is 18.8 Å². The molecule has 2 heteroatoms. The fourth-order valence-corrected chi connectivity index (χ4v) is 1.91. The number of aldehydes is 1. The molecule has 0 radical (unpaired) electrons. The quantitative estimate of drug-likeness (QED) is 0.525. The second-order valence-corrected chi connectivity index (χ2v) is 3.68. The molecule has 1 heterocycles.